The summed E-state index contributed by atoms with van der Waals surface area (Å²) in [6.07, 6.45) is 2.30. The molecule has 1 rings (SSSR count). The Bertz CT molecular complexity index is 399. The van der Waals surface area contributed by atoms with Gasteiger partial charge in [0, 0.05) is 11.3 Å². The Morgan fingerprint density at radius 3 is 2.75 bits per heavy atom. The highest BCUT2D eigenvalue weighted by atomic mass is 32.1. The summed E-state index contributed by atoms with van der Waals surface area (Å²) in [6, 6.07) is 1.70. The quantitative estimate of drug-likeness (QED) is 0.828. The largest absolute Gasteiger partial charge is 0.366 e. The number of amides is 2. The van der Waals surface area contributed by atoms with E-state index in [2.05, 4.69) is 5.32 Å². The van der Waals surface area contributed by atoms with Crippen molar-refractivity contribution in [1.82, 2.24) is 0 Å². The third kappa shape index (κ3) is 3.34. The van der Waals surface area contributed by atoms with Gasteiger partial charge in [0.05, 0.1) is 5.56 Å². The standard InChI is InChI=1S/C11H16N2O2S/c1-3-4-5-9(14)13-11-8(10(12)15)6-7(2)16-11/h6H,3-5H2,1-2H3,(H2,12,15)(H,13,14). The van der Waals surface area contributed by atoms with E-state index in [1.165, 1.54) is 11.3 Å². The molecule has 88 valence electrons. The minimum atomic E-state index is -0.504. The Labute approximate surface area is 98.8 Å². The summed E-state index contributed by atoms with van der Waals surface area (Å²) in [5, 5.41) is 3.29. The average Bonchev–Trinajstić information content (AvgIpc) is 2.56. The Hall–Kier alpha value is -1.36. The lowest BCUT2D eigenvalue weighted by Gasteiger charge is -2.03. The Kier molecular flexibility index (Phi) is 4.49. The fourth-order valence-electron chi connectivity index (χ4n) is 1.32. The first-order valence-corrected chi connectivity index (χ1v) is 6.06. The van der Waals surface area contributed by atoms with Gasteiger partial charge in [0.2, 0.25) is 5.91 Å². The van der Waals surface area contributed by atoms with E-state index in [0.717, 1.165) is 17.7 Å². The van der Waals surface area contributed by atoms with Crippen molar-refractivity contribution >= 4 is 28.2 Å². The normalized spacial score (nSPS) is 10.1. The fourth-order valence-corrected chi connectivity index (χ4v) is 2.25. The van der Waals surface area contributed by atoms with Crippen LogP contribution in [0.5, 0.6) is 0 Å². The molecule has 0 atom stereocenters. The molecule has 0 aliphatic rings. The van der Waals surface area contributed by atoms with Gasteiger partial charge in [0.15, 0.2) is 0 Å². The second-order valence-corrected chi connectivity index (χ2v) is 4.87. The van der Waals surface area contributed by atoms with Crippen molar-refractivity contribution in [3.8, 4) is 0 Å². The van der Waals surface area contributed by atoms with Crippen molar-refractivity contribution in [1.29, 1.82) is 0 Å². The molecular weight excluding hydrogens is 224 g/mol. The van der Waals surface area contributed by atoms with Crippen LogP contribution in [0.15, 0.2) is 6.07 Å². The van der Waals surface area contributed by atoms with Gasteiger partial charge in [-0.3, -0.25) is 9.59 Å². The van der Waals surface area contributed by atoms with Crippen LogP contribution in [0.1, 0.15) is 41.4 Å². The van der Waals surface area contributed by atoms with Crippen LogP contribution in [0, 0.1) is 6.92 Å². The molecule has 2 amide bonds. The highest BCUT2D eigenvalue weighted by Gasteiger charge is 2.13. The molecule has 5 heteroatoms. The van der Waals surface area contributed by atoms with Crippen molar-refractivity contribution < 1.29 is 9.59 Å². The molecule has 3 N–H and O–H groups in total. The second kappa shape index (κ2) is 5.65. The minimum absolute atomic E-state index is 0.0637. The maximum absolute atomic E-state index is 11.5. The molecule has 0 bridgehead atoms. The number of rotatable bonds is 5. The predicted molar refractivity (Wildman–Crippen MR) is 65.7 cm³/mol. The van der Waals surface area contributed by atoms with Gasteiger partial charge in [-0.15, -0.1) is 11.3 Å². The SMILES string of the molecule is CCCCC(=O)Nc1sc(C)cc1C(N)=O. The lowest BCUT2D eigenvalue weighted by molar-refractivity contribution is -0.116. The van der Waals surface area contributed by atoms with E-state index in [0.29, 0.717) is 17.0 Å². The van der Waals surface area contributed by atoms with Gasteiger partial charge in [-0.05, 0) is 19.4 Å². The fraction of sp³-hybridized carbons (Fsp3) is 0.455. The molecule has 0 saturated heterocycles. The third-order valence-electron chi connectivity index (χ3n) is 2.13. The van der Waals surface area contributed by atoms with Crippen LogP contribution in [0.25, 0.3) is 0 Å². The molecule has 4 nitrogen and oxygen atoms in total. The number of nitrogens with one attached hydrogen (secondary N) is 1. The second-order valence-electron chi connectivity index (χ2n) is 3.62. The van der Waals surface area contributed by atoms with Crippen LogP contribution in [0.3, 0.4) is 0 Å². The summed E-state index contributed by atoms with van der Waals surface area (Å²) in [5.74, 6) is -0.568. The van der Waals surface area contributed by atoms with E-state index in [1.54, 1.807) is 6.07 Å². The van der Waals surface area contributed by atoms with Crippen LogP contribution in [-0.4, -0.2) is 11.8 Å². The average molecular weight is 240 g/mol. The Morgan fingerprint density at radius 1 is 1.50 bits per heavy atom. The number of aryl methyl sites for hydroxylation is 1. The molecule has 1 heterocycles. The number of carbonyl (C=O) groups excluding carboxylic acids is 2. The highest BCUT2D eigenvalue weighted by Crippen LogP contribution is 2.27. The van der Waals surface area contributed by atoms with Crippen molar-refractivity contribution in [2.24, 2.45) is 5.73 Å². The van der Waals surface area contributed by atoms with Gasteiger partial charge >= 0.3 is 0 Å². The molecule has 0 aliphatic carbocycles. The van der Waals surface area contributed by atoms with E-state index in [4.69, 9.17) is 5.73 Å². The smallest absolute Gasteiger partial charge is 0.251 e. The van der Waals surface area contributed by atoms with Gasteiger partial charge < -0.3 is 11.1 Å². The first-order chi connectivity index (χ1) is 7.54. The van der Waals surface area contributed by atoms with Gasteiger partial charge in [0.1, 0.15) is 5.00 Å². The van der Waals surface area contributed by atoms with E-state index in [1.807, 2.05) is 13.8 Å². The molecule has 0 spiro atoms. The van der Waals surface area contributed by atoms with Gasteiger partial charge in [-0.2, -0.15) is 0 Å². The van der Waals surface area contributed by atoms with Gasteiger partial charge in [0.25, 0.3) is 5.91 Å². The van der Waals surface area contributed by atoms with Crippen molar-refractivity contribution in [2.75, 3.05) is 5.32 Å². The van der Waals surface area contributed by atoms with Crippen molar-refractivity contribution in [2.45, 2.75) is 33.1 Å². The molecule has 0 unspecified atom stereocenters. The zero-order valence-electron chi connectivity index (χ0n) is 9.50. The van der Waals surface area contributed by atoms with Crippen LogP contribution in [-0.2, 0) is 4.79 Å². The van der Waals surface area contributed by atoms with Crippen molar-refractivity contribution in [3.05, 3.63) is 16.5 Å². The maximum Gasteiger partial charge on any atom is 0.251 e. The monoisotopic (exact) mass is 240 g/mol. The van der Waals surface area contributed by atoms with E-state index >= 15 is 0 Å². The Balaban J connectivity index is 2.72. The number of carbonyl (C=O) groups is 2. The molecular formula is C11H16N2O2S. The van der Waals surface area contributed by atoms with Crippen molar-refractivity contribution in [3.63, 3.8) is 0 Å². The molecule has 0 fully saturated rings. The van der Waals surface area contributed by atoms with Crippen LogP contribution in [0.2, 0.25) is 0 Å². The highest BCUT2D eigenvalue weighted by molar-refractivity contribution is 7.16. The molecule has 0 aromatic carbocycles. The molecule has 0 radical (unpaired) electrons. The first kappa shape index (κ1) is 12.7. The zero-order chi connectivity index (χ0) is 12.1. The van der Waals surface area contributed by atoms with Crippen LogP contribution < -0.4 is 11.1 Å². The maximum atomic E-state index is 11.5. The van der Waals surface area contributed by atoms with Crippen LogP contribution >= 0.6 is 11.3 Å². The molecule has 1 aromatic rings. The predicted octanol–water partition coefficient (Wildman–Crippen LogP) is 2.28. The summed E-state index contributed by atoms with van der Waals surface area (Å²) in [7, 11) is 0. The number of thiophene rings is 1. The number of primary amides is 1. The van der Waals surface area contributed by atoms with E-state index in [9.17, 15) is 9.59 Å². The van der Waals surface area contributed by atoms with E-state index in [-0.39, 0.29) is 5.91 Å². The lowest BCUT2D eigenvalue weighted by atomic mass is 10.2. The molecule has 1 aromatic heterocycles. The van der Waals surface area contributed by atoms with Crippen LogP contribution in [0.4, 0.5) is 5.00 Å². The first-order valence-electron chi connectivity index (χ1n) is 5.24. The summed E-state index contributed by atoms with van der Waals surface area (Å²) in [6.45, 7) is 3.90. The number of unbranched alkanes of at least 4 members (excludes halogenated alkanes) is 1. The van der Waals surface area contributed by atoms with Gasteiger partial charge in [-0.25, -0.2) is 0 Å². The molecule has 0 saturated carbocycles. The summed E-state index contributed by atoms with van der Waals surface area (Å²) in [5.41, 5.74) is 5.62. The lowest BCUT2D eigenvalue weighted by Crippen LogP contribution is -2.16. The summed E-state index contributed by atoms with van der Waals surface area (Å²) in [4.78, 5) is 23.6. The number of hydrogen-bond donors (Lipinski definition) is 2. The number of anilines is 1. The topological polar surface area (TPSA) is 72.2 Å². The number of hydrogen-bond acceptors (Lipinski definition) is 3. The summed E-state index contributed by atoms with van der Waals surface area (Å²) < 4.78 is 0. The molecule has 16 heavy (non-hydrogen) atoms. The summed E-state index contributed by atoms with van der Waals surface area (Å²) >= 11 is 1.37. The van der Waals surface area contributed by atoms with E-state index < -0.39 is 5.91 Å². The number of nitrogens with two attached hydrogens (primary N) is 1. The van der Waals surface area contributed by atoms with Gasteiger partial charge in [-0.1, -0.05) is 13.3 Å². The molecule has 0 aliphatic heterocycles. The Morgan fingerprint density at radius 2 is 2.19 bits per heavy atom. The minimum Gasteiger partial charge on any atom is -0.366 e. The zero-order valence-corrected chi connectivity index (χ0v) is 10.3. The third-order valence-corrected chi connectivity index (χ3v) is 3.10.